The van der Waals surface area contributed by atoms with E-state index in [0.29, 0.717) is 16.5 Å². The average molecular weight is 275 g/mol. The van der Waals surface area contributed by atoms with Crippen LogP contribution in [-0.2, 0) is 6.54 Å². The third kappa shape index (κ3) is 3.32. The van der Waals surface area contributed by atoms with Crippen molar-refractivity contribution in [3.8, 4) is 11.5 Å². The number of hydrogen-bond donors (Lipinski definition) is 1. The lowest BCUT2D eigenvalue weighted by molar-refractivity contribution is 0.479. The van der Waals surface area contributed by atoms with Crippen LogP contribution in [0.5, 0.6) is 11.5 Å². The summed E-state index contributed by atoms with van der Waals surface area (Å²) in [6.07, 6.45) is 4.60. The van der Waals surface area contributed by atoms with Gasteiger partial charge in [0.1, 0.15) is 10.7 Å². The predicted molar refractivity (Wildman–Crippen MR) is 79.7 cm³/mol. The summed E-state index contributed by atoms with van der Waals surface area (Å²) in [5.74, 6) is 1.36. The monoisotopic (exact) mass is 275 g/mol. The summed E-state index contributed by atoms with van der Waals surface area (Å²) in [5, 5.41) is 4.23. The van der Waals surface area contributed by atoms with Crippen molar-refractivity contribution in [3.05, 3.63) is 41.7 Å². The Hall–Kier alpha value is -1.88. The quantitative estimate of drug-likeness (QED) is 0.852. The first-order valence-electron chi connectivity index (χ1n) is 6.21. The largest absolute Gasteiger partial charge is 0.453 e. The van der Waals surface area contributed by atoms with Crippen molar-refractivity contribution in [3.63, 3.8) is 0 Å². The Morgan fingerprint density at radius 1 is 1.47 bits per heavy atom. The van der Waals surface area contributed by atoms with Gasteiger partial charge in [-0.05, 0) is 31.0 Å². The molecule has 0 unspecified atom stereocenters. The smallest absolute Gasteiger partial charge is 0.165 e. The van der Waals surface area contributed by atoms with Crippen LogP contribution < -0.4 is 10.5 Å². The molecule has 2 N–H and O–H groups in total. The SMILES string of the molecule is CCCn1cc(Oc2cc(C)ccc2C(N)=S)cn1. The molecule has 0 amide bonds. The highest BCUT2D eigenvalue weighted by Crippen LogP contribution is 2.26. The molecule has 0 fully saturated rings. The molecule has 1 aromatic carbocycles. The molecule has 0 spiro atoms. The van der Waals surface area contributed by atoms with E-state index < -0.39 is 0 Å². The van der Waals surface area contributed by atoms with Gasteiger partial charge in [0.15, 0.2) is 5.75 Å². The summed E-state index contributed by atoms with van der Waals surface area (Å²) in [6.45, 7) is 4.98. The van der Waals surface area contributed by atoms with Gasteiger partial charge in [0.25, 0.3) is 0 Å². The maximum absolute atomic E-state index is 5.83. The summed E-state index contributed by atoms with van der Waals surface area (Å²) >= 11 is 5.03. The van der Waals surface area contributed by atoms with E-state index in [-0.39, 0.29) is 0 Å². The minimum Gasteiger partial charge on any atom is -0.453 e. The molecular formula is C14H17N3OS. The molecule has 2 aromatic rings. The standard InChI is InChI=1S/C14H17N3OS/c1-3-6-17-9-11(8-16-17)18-13-7-10(2)4-5-12(13)14(15)19/h4-5,7-9H,3,6H2,1-2H3,(H2,15,19). The zero-order chi connectivity index (χ0) is 13.8. The third-order valence-electron chi connectivity index (χ3n) is 2.69. The molecule has 0 atom stereocenters. The van der Waals surface area contributed by atoms with Gasteiger partial charge < -0.3 is 10.5 Å². The van der Waals surface area contributed by atoms with Gasteiger partial charge >= 0.3 is 0 Å². The summed E-state index contributed by atoms with van der Waals surface area (Å²) in [5.41, 5.74) is 7.53. The molecule has 0 aliphatic heterocycles. The van der Waals surface area contributed by atoms with Gasteiger partial charge in [-0.3, -0.25) is 4.68 Å². The highest BCUT2D eigenvalue weighted by atomic mass is 32.1. The first-order chi connectivity index (χ1) is 9.10. The van der Waals surface area contributed by atoms with Crippen LogP contribution in [0.1, 0.15) is 24.5 Å². The molecule has 0 saturated heterocycles. The molecular weight excluding hydrogens is 258 g/mol. The number of rotatable bonds is 5. The van der Waals surface area contributed by atoms with Gasteiger partial charge in [-0.1, -0.05) is 25.2 Å². The van der Waals surface area contributed by atoms with Crippen LogP contribution in [0.3, 0.4) is 0 Å². The van der Waals surface area contributed by atoms with E-state index in [4.69, 9.17) is 22.7 Å². The summed E-state index contributed by atoms with van der Waals surface area (Å²) in [4.78, 5) is 0.330. The molecule has 0 saturated carbocycles. The van der Waals surface area contributed by atoms with Gasteiger partial charge in [0, 0.05) is 6.54 Å². The Morgan fingerprint density at radius 2 is 2.26 bits per heavy atom. The van der Waals surface area contributed by atoms with Gasteiger partial charge in [0.2, 0.25) is 0 Å². The van der Waals surface area contributed by atoms with Crippen LogP contribution in [0, 0.1) is 6.92 Å². The van der Waals surface area contributed by atoms with E-state index in [1.807, 2.05) is 36.0 Å². The van der Waals surface area contributed by atoms with Crippen molar-refractivity contribution in [1.29, 1.82) is 0 Å². The molecule has 100 valence electrons. The van der Waals surface area contributed by atoms with Crippen LogP contribution in [-0.4, -0.2) is 14.8 Å². The summed E-state index contributed by atoms with van der Waals surface area (Å²) in [7, 11) is 0. The average Bonchev–Trinajstić information content (AvgIpc) is 2.77. The number of benzene rings is 1. The van der Waals surface area contributed by atoms with E-state index in [1.165, 1.54) is 0 Å². The second-order valence-corrected chi connectivity index (χ2v) is 4.84. The van der Waals surface area contributed by atoms with Crippen molar-refractivity contribution in [1.82, 2.24) is 9.78 Å². The molecule has 0 aliphatic carbocycles. The number of hydrogen-bond acceptors (Lipinski definition) is 3. The number of aromatic nitrogens is 2. The maximum atomic E-state index is 5.83. The van der Waals surface area contributed by atoms with Crippen LogP contribution >= 0.6 is 12.2 Å². The molecule has 1 heterocycles. The van der Waals surface area contributed by atoms with Gasteiger partial charge in [-0.25, -0.2) is 0 Å². The molecule has 5 heteroatoms. The molecule has 1 aromatic heterocycles. The van der Waals surface area contributed by atoms with Gasteiger partial charge in [-0.15, -0.1) is 0 Å². The predicted octanol–water partition coefficient (Wildman–Crippen LogP) is 3.03. The fraction of sp³-hybridized carbons (Fsp3) is 0.286. The zero-order valence-corrected chi connectivity index (χ0v) is 11.9. The van der Waals surface area contributed by atoms with Gasteiger partial charge in [-0.2, -0.15) is 5.10 Å². The second kappa shape index (κ2) is 5.84. The molecule has 0 bridgehead atoms. The minimum absolute atomic E-state index is 0.330. The Kier molecular flexibility index (Phi) is 4.16. The van der Waals surface area contributed by atoms with E-state index in [1.54, 1.807) is 6.20 Å². The number of nitrogens with two attached hydrogens (primary N) is 1. The van der Waals surface area contributed by atoms with Crippen LogP contribution in [0.25, 0.3) is 0 Å². The summed E-state index contributed by atoms with van der Waals surface area (Å²) < 4.78 is 7.68. The lowest BCUT2D eigenvalue weighted by Gasteiger charge is -2.09. The van der Waals surface area contributed by atoms with E-state index in [0.717, 1.165) is 24.1 Å². The third-order valence-corrected chi connectivity index (χ3v) is 2.91. The number of aryl methyl sites for hydroxylation is 2. The van der Waals surface area contributed by atoms with E-state index in [2.05, 4.69) is 12.0 Å². The zero-order valence-electron chi connectivity index (χ0n) is 11.1. The van der Waals surface area contributed by atoms with E-state index >= 15 is 0 Å². The molecule has 4 nitrogen and oxygen atoms in total. The van der Waals surface area contributed by atoms with Crippen molar-refractivity contribution in [2.45, 2.75) is 26.8 Å². The van der Waals surface area contributed by atoms with Crippen molar-refractivity contribution < 1.29 is 4.74 Å². The highest BCUT2D eigenvalue weighted by Gasteiger charge is 2.09. The van der Waals surface area contributed by atoms with E-state index in [9.17, 15) is 0 Å². The number of ether oxygens (including phenoxy) is 1. The summed E-state index contributed by atoms with van der Waals surface area (Å²) in [6, 6.07) is 5.76. The van der Waals surface area contributed by atoms with Crippen LogP contribution in [0.15, 0.2) is 30.6 Å². The fourth-order valence-electron chi connectivity index (χ4n) is 1.79. The first kappa shape index (κ1) is 13.5. The lowest BCUT2D eigenvalue weighted by atomic mass is 10.1. The highest BCUT2D eigenvalue weighted by molar-refractivity contribution is 7.80. The molecule has 2 rings (SSSR count). The van der Waals surface area contributed by atoms with Crippen LogP contribution in [0.2, 0.25) is 0 Å². The molecule has 0 radical (unpaired) electrons. The minimum atomic E-state index is 0.330. The Bertz CT molecular complexity index is 592. The maximum Gasteiger partial charge on any atom is 0.165 e. The number of thiocarbonyl (C=S) groups is 1. The first-order valence-corrected chi connectivity index (χ1v) is 6.61. The molecule has 0 aliphatic rings. The normalized spacial score (nSPS) is 10.4. The topological polar surface area (TPSA) is 53.1 Å². The second-order valence-electron chi connectivity index (χ2n) is 4.41. The number of nitrogens with zero attached hydrogens (tertiary/aromatic N) is 2. The van der Waals surface area contributed by atoms with Crippen LogP contribution in [0.4, 0.5) is 0 Å². The Labute approximate surface area is 118 Å². The Balaban J connectivity index is 2.26. The lowest BCUT2D eigenvalue weighted by Crippen LogP contribution is -2.10. The fourth-order valence-corrected chi connectivity index (χ4v) is 1.96. The molecule has 19 heavy (non-hydrogen) atoms. The van der Waals surface area contributed by atoms with Gasteiger partial charge in [0.05, 0.1) is 18.0 Å². The van der Waals surface area contributed by atoms with Crippen molar-refractivity contribution >= 4 is 17.2 Å². The van der Waals surface area contributed by atoms with Crippen molar-refractivity contribution in [2.24, 2.45) is 5.73 Å². The van der Waals surface area contributed by atoms with Crippen molar-refractivity contribution in [2.75, 3.05) is 0 Å². The Morgan fingerprint density at radius 3 is 2.95 bits per heavy atom.